The first-order valence-electron chi connectivity index (χ1n) is 8.12. The number of ether oxygens (including phenoxy) is 1. The van der Waals surface area contributed by atoms with Gasteiger partial charge >= 0.3 is 0 Å². The molecule has 2 aromatic heterocycles. The predicted molar refractivity (Wildman–Crippen MR) is 102 cm³/mol. The fourth-order valence-electron chi connectivity index (χ4n) is 2.31. The number of rotatable bonds is 6. The molecule has 3 rings (SSSR count). The van der Waals surface area contributed by atoms with Crippen LogP contribution in [0.4, 0.5) is 0 Å². The van der Waals surface area contributed by atoms with E-state index >= 15 is 0 Å². The van der Waals surface area contributed by atoms with E-state index in [9.17, 15) is 4.79 Å². The average Bonchev–Trinajstić information content (AvgIpc) is 3.01. The number of carbonyl (C=O) groups is 1. The Kier molecular flexibility index (Phi) is 5.37. The summed E-state index contributed by atoms with van der Waals surface area (Å²) in [6.07, 6.45) is 5.21. The molecule has 0 aliphatic heterocycles. The van der Waals surface area contributed by atoms with Gasteiger partial charge in [0, 0.05) is 25.1 Å². The zero-order valence-corrected chi connectivity index (χ0v) is 16.1. The molecule has 0 fully saturated rings. The lowest BCUT2D eigenvalue weighted by atomic mass is 10.1. The predicted octanol–water partition coefficient (Wildman–Crippen LogP) is 3.50. The highest BCUT2D eigenvalue weighted by molar-refractivity contribution is 9.10. The summed E-state index contributed by atoms with van der Waals surface area (Å²) in [5, 5.41) is 7.29. The molecular weight excluding hydrogens is 396 g/mol. The van der Waals surface area contributed by atoms with Crippen LogP contribution < -0.4 is 10.1 Å². The van der Waals surface area contributed by atoms with Gasteiger partial charge in [-0.2, -0.15) is 0 Å². The van der Waals surface area contributed by atoms with Crippen LogP contribution in [0.3, 0.4) is 0 Å². The molecule has 0 atom stereocenters. The molecule has 26 heavy (non-hydrogen) atoms. The molecule has 0 spiro atoms. The Bertz CT molecular complexity index is 879. The molecule has 0 radical (unpaired) electrons. The van der Waals surface area contributed by atoms with E-state index in [0.29, 0.717) is 16.9 Å². The van der Waals surface area contributed by atoms with E-state index in [0.717, 1.165) is 11.3 Å². The molecule has 1 amide bonds. The molecule has 3 aromatic rings. The lowest BCUT2D eigenvalue weighted by Crippen LogP contribution is -2.46. The van der Waals surface area contributed by atoms with Gasteiger partial charge in [-0.1, -0.05) is 24.3 Å². The first-order chi connectivity index (χ1) is 12.5. The Labute approximate surface area is 160 Å². The molecule has 0 unspecified atom stereocenters. The average molecular weight is 415 g/mol. The van der Waals surface area contributed by atoms with E-state index in [2.05, 4.69) is 31.3 Å². The van der Waals surface area contributed by atoms with Gasteiger partial charge in [0.25, 0.3) is 5.91 Å². The third kappa shape index (κ3) is 4.29. The quantitative estimate of drug-likeness (QED) is 0.669. The van der Waals surface area contributed by atoms with Gasteiger partial charge in [-0.15, -0.1) is 5.10 Å². The van der Waals surface area contributed by atoms with Gasteiger partial charge in [-0.3, -0.25) is 9.78 Å². The van der Waals surface area contributed by atoms with Crippen molar-refractivity contribution in [2.45, 2.75) is 26.0 Å². The summed E-state index contributed by atoms with van der Waals surface area (Å²) in [7, 11) is 0. The lowest BCUT2D eigenvalue weighted by molar-refractivity contribution is -0.134. The summed E-state index contributed by atoms with van der Waals surface area (Å²) in [5.74, 6) is 0.123. The van der Waals surface area contributed by atoms with Crippen molar-refractivity contribution in [3.8, 4) is 11.6 Å². The van der Waals surface area contributed by atoms with Crippen molar-refractivity contribution >= 4 is 21.8 Å². The first kappa shape index (κ1) is 18.1. The molecule has 1 N–H and O–H groups in total. The van der Waals surface area contributed by atoms with Crippen LogP contribution in [0.2, 0.25) is 0 Å². The topological polar surface area (TPSA) is 69.0 Å². The number of hydrogen-bond donors (Lipinski definition) is 1. The number of para-hydroxylation sites is 1. The van der Waals surface area contributed by atoms with E-state index < -0.39 is 5.60 Å². The lowest BCUT2D eigenvalue weighted by Gasteiger charge is -2.24. The van der Waals surface area contributed by atoms with Crippen molar-refractivity contribution in [2.24, 2.45) is 0 Å². The highest BCUT2D eigenvalue weighted by Crippen LogP contribution is 2.28. The van der Waals surface area contributed by atoms with Crippen LogP contribution in [0.5, 0.6) is 5.88 Å². The van der Waals surface area contributed by atoms with Crippen molar-refractivity contribution in [1.82, 2.24) is 20.1 Å². The van der Waals surface area contributed by atoms with Gasteiger partial charge in [-0.25, -0.2) is 4.68 Å². The van der Waals surface area contributed by atoms with E-state index in [-0.39, 0.29) is 5.91 Å². The zero-order chi connectivity index (χ0) is 18.6. The van der Waals surface area contributed by atoms with Crippen LogP contribution in [-0.2, 0) is 11.3 Å². The van der Waals surface area contributed by atoms with Crippen LogP contribution in [0.15, 0.2) is 65.5 Å². The summed E-state index contributed by atoms with van der Waals surface area (Å²) < 4.78 is 8.25. The molecule has 134 valence electrons. The van der Waals surface area contributed by atoms with Crippen molar-refractivity contribution in [1.29, 1.82) is 0 Å². The van der Waals surface area contributed by atoms with Gasteiger partial charge in [-0.05, 0) is 53.5 Å². The number of benzene rings is 1. The SMILES string of the molecule is CC(C)(Oc1nn(-c2ccccc2)cc1Br)C(=O)NCc1cccnc1. The molecule has 0 aliphatic carbocycles. The number of pyridine rings is 1. The molecule has 0 bridgehead atoms. The molecule has 1 aromatic carbocycles. The van der Waals surface area contributed by atoms with Crippen LogP contribution in [0.1, 0.15) is 19.4 Å². The Balaban J connectivity index is 1.69. The Morgan fingerprint density at radius 2 is 2.00 bits per heavy atom. The first-order valence-corrected chi connectivity index (χ1v) is 8.92. The number of hydrogen-bond acceptors (Lipinski definition) is 4. The molecule has 6 nitrogen and oxygen atoms in total. The van der Waals surface area contributed by atoms with Crippen molar-refractivity contribution in [3.05, 3.63) is 71.1 Å². The minimum atomic E-state index is -1.08. The van der Waals surface area contributed by atoms with Crippen LogP contribution in [0.25, 0.3) is 5.69 Å². The Morgan fingerprint density at radius 3 is 2.69 bits per heavy atom. The maximum absolute atomic E-state index is 12.5. The van der Waals surface area contributed by atoms with E-state index in [1.54, 1.807) is 37.1 Å². The highest BCUT2D eigenvalue weighted by atomic mass is 79.9. The second kappa shape index (κ2) is 7.70. The molecule has 2 heterocycles. The van der Waals surface area contributed by atoms with Gasteiger partial charge in [0.1, 0.15) is 0 Å². The standard InChI is InChI=1S/C19H19BrN4O2/c1-19(2,18(25)22-12-14-7-6-10-21-11-14)26-17-16(20)13-24(23-17)15-8-4-3-5-9-15/h3-11,13H,12H2,1-2H3,(H,22,25). The largest absolute Gasteiger partial charge is 0.460 e. The van der Waals surface area contributed by atoms with Gasteiger partial charge in [0.15, 0.2) is 5.60 Å². The molecule has 0 saturated heterocycles. The number of nitrogens with one attached hydrogen (secondary N) is 1. The van der Waals surface area contributed by atoms with E-state index in [1.807, 2.05) is 42.5 Å². The second-order valence-corrected chi connectivity index (χ2v) is 7.07. The second-order valence-electron chi connectivity index (χ2n) is 6.22. The minimum Gasteiger partial charge on any atom is -0.460 e. The molecular formula is C19H19BrN4O2. The van der Waals surface area contributed by atoms with E-state index in [4.69, 9.17) is 4.74 Å². The third-order valence-electron chi connectivity index (χ3n) is 3.73. The number of amides is 1. The van der Waals surface area contributed by atoms with Crippen LogP contribution >= 0.6 is 15.9 Å². The van der Waals surface area contributed by atoms with Crippen molar-refractivity contribution in [2.75, 3.05) is 0 Å². The molecule has 0 saturated carbocycles. The van der Waals surface area contributed by atoms with Gasteiger partial charge < -0.3 is 10.1 Å². The smallest absolute Gasteiger partial charge is 0.263 e. The van der Waals surface area contributed by atoms with Gasteiger partial charge in [0.2, 0.25) is 5.88 Å². The number of aromatic nitrogens is 3. The third-order valence-corrected chi connectivity index (χ3v) is 4.28. The van der Waals surface area contributed by atoms with E-state index in [1.165, 1.54) is 0 Å². The number of halogens is 1. The Morgan fingerprint density at radius 1 is 1.23 bits per heavy atom. The normalized spacial score (nSPS) is 11.2. The minimum absolute atomic E-state index is 0.234. The summed E-state index contributed by atoms with van der Waals surface area (Å²) >= 11 is 3.44. The number of carbonyl (C=O) groups excluding carboxylic acids is 1. The fraction of sp³-hybridized carbons (Fsp3) is 0.211. The zero-order valence-electron chi connectivity index (χ0n) is 14.5. The summed E-state index contributed by atoms with van der Waals surface area (Å²) in [4.78, 5) is 16.6. The van der Waals surface area contributed by atoms with Crippen LogP contribution in [-0.4, -0.2) is 26.3 Å². The highest BCUT2D eigenvalue weighted by Gasteiger charge is 2.31. The maximum atomic E-state index is 12.5. The summed E-state index contributed by atoms with van der Waals surface area (Å²) in [6, 6.07) is 13.4. The molecule has 0 aliphatic rings. The number of nitrogens with zero attached hydrogens (tertiary/aromatic N) is 3. The van der Waals surface area contributed by atoms with Crippen molar-refractivity contribution in [3.63, 3.8) is 0 Å². The summed E-state index contributed by atoms with van der Waals surface area (Å²) in [6.45, 7) is 3.80. The van der Waals surface area contributed by atoms with Gasteiger partial charge in [0.05, 0.1) is 10.2 Å². The maximum Gasteiger partial charge on any atom is 0.263 e. The monoisotopic (exact) mass is 414 g/mol. The van der Waals surface area contributed by atoms with Crippen molar-refractivity contribution < 1.29 is 9.53 Å². The molecule has 7 heteroatoms. The summed E-state index contributed by atoms with van der Waals surface area (Å²) in [5.41, 5.74) is 0.744. The Hall–Kier alpha value is -2.67. The van der Waals surface area contributed by atoms with Crippen LogP contribution in [0, 0.1) is 0 Å². The fourth-order valence-corrected chi connectivity index (χ4v) is 2.66.